The van der Waals surface area contributed by atoms with E-state index in [4.69, 9.17) is 9.47 Å². The van der Waals surface area contributed by atoms with Crippen LogP contribution in [0.4, 0.5) is 0 Å². The Morgan fingerprint density at radius 2 is 1.94 bits per heavy atom. The molecule has 32 heavy (non-hydrogen) atoms. The molecule has 0 saturated heterocycles. The van der Waals surface area contributed by atoms with Crippen molar-refractivity contribution in [2.24, 2.45) is 7.05 Å². The molecule has 0 fully saturated rings. The van der Waals surface area contributed by atoms with Crippen LogP contribution in [0.1, 0.15) is 32.4 Å². The number of benzene rings is 2. The molecule has 1 aliphatic rings. The summed E-state index contributed by atoms with van der Waals surface area (Å²) in [6, 6.07) is 16.2. The van der Waals surface area contributed by atoms with E-state index in [1.54, 1.807) is 25.6 Å². The van der Waals surface area contributed by atoms with Crippen molar-refractivity contribution in [2.45, 2.75) is 18.9 Å². The average Bonchev–Trinajstić information content (AvgIpc) is 3.44. The van der Waals surface area contributed by atoms with Crippen molar-refractivity contribution in [3.63, 3.8) is 0 Å². The van der Waals surface area contributed by atoms with E-state index in [0.29, 0.717) is 18.7 Å². The van der Waals surface area contributed by atoms with Gasteiger partial charge in [0.25, 0.3) is 5.91 Å². The first-order valence-corrected chi connectivity index (χ1v) is 11.6. The van der Waals surface area contributed by atoms with Gasteiger partial charge in [0.15, 0.2) is 11.5 Å². The molecule has 164 valence electrons. The van der Waals surface area contributed by atoms with E-state index in [9.17, 15) is 4.79 Å². The summed E-state index contributed by atoms with van der Waals surface area (Å²) in [5.74, 6) is 1.52. The summed E-state index contributed by atoms with van der Waals surface area (Å²) in [5, 5.41) is 3.13. The predicted octanol–water partition coefficient (Wildman–Crippen LogP) is 5.24. The molecule has 1 amide bonds. The monoisotopic (exact) mass is 446 g/mol. The van der Waals surface area contributed by atoms with Crippen molar-refractivity contribution in [3.8, 4) is 11.5 Å². The number of carbonyl (C=O) groups is 1. The van der Waals surface area contributed by atoms with E-state index in [1.807, 2.05) is 53.0 Å². The van der Waals surface area contributed by atoms with E-state index in [0.717, 1.165) is 34.2 Å². The van der Waals surface area contributed by atoms with Gasteiger partial charge in [0.1, 0.15) is 0 Å². The summed E-state index contributed by atoms with van der Waals surface area (Å²) in [5.41, 5.74) is 4.19. The smallest absolute Gasteiger partial charge is 0.256 e. The maximum absolute atomic E-state index is 13.9. The summed E-state index contributed by atoms with van der Waals surface area (Å²) < 4.78 is 13.2. The van der Waals surface area contributed by atoms with Gasteiger partial charge in [-0.1, -0.05) is 30.3 Å². The SMILES string of the molecule is COc1cccc(CC2c3sccc3CCN2C(=O)c2cn(C)c3ccccc23)c1OC. The van der Waals surface area contributed by atoms with Gasteiger partial charge in [-0.3, -0.25) is 4.79 Å². The summed E-state index contributed by atoms with van der Waals surface area (Å²) in [6.45, 7) is 0.697. The number of amides is 1. The van der Waals surface area contributed by atoms with Crippen molar-refractivity contribution in [1.29, 1.82) is 0 Å². The van der Waals surface area contributed by atoms with Gasteiger partial charge < -0.3 is 18.9 Å². The minimum Gasteiger partial charge on any atom is -0.493 e. The third-order valence-corrected chi connectivity index (χ3v) is 7.43. The van der Waals surface area contributed by atoms with Gasteiger partial charge in [-0.25, -0.2) is 0 Å². The number of fused-ring (bicyclic) bond motifs is 2. The molecular weight excluding hydrogens is 420 g/mol. The minimum absolute atomic E-state index is 0.0498. The first-order chi connectivity index (χ1) is 15.6. The van der Waals surface area contributed by atoms with Crippen LogP contribution >= 0.6 is 11.3 Å². The number of nitrogens with zero attached hydrogens (tertiary/aromatic N) is 2. The Hall–Kier alpha value is -3.25. The van der Waals surface area contributed by atoms with Crippen molar-refractivity contribution in [2.75, 3.05) is 20.8 Å². The molecule has 0 radical (unpaired) electrons. The number of hydrogen-bond acceptors (Lipinski definition) is 4. The lowest BCUT2D eigenvalue weighted by Gasteiger charge is -2.36. The van der Waals surface area contributed by atoms with Gasteiger partial charge >= 0.3 is 0 Å². The quantitative estimate of drug-likeness (QED) is 0.421. The highest BCUT2D eigenvalue weighted by Gasteiger charge is 2.34. The predicted molar refractivity (Wildman–Crippen MR) is 128 cm³/mol. The summed E-state index contributed by atoms with van der Waals surface area (Å²) in [7, 11) is 5.30. The minimum atomic E-state index is -0.0498. The highest BCUT2D eigenvalue weighted by molar-refractivity contribution is 7.10. The maximum atomic E-state index is 13.9. The zero-order valence-corrected chi connectivity index (χ0v) is 19.3. The largest absolute Gasteiger partial charge is 0.493 e. The zero-order chi connectivity index (χ0) is 22.2. The van der Waals surface area contributed by atoms with Crippen LogP contribution in [0, 0.1) is 0 Å². The van der Waals surface area contributed by atoms with Crippen molar-refractivity contribution in [1.82, 2.24) is 9.47 Å². The van der Waals surface area contributed by atoms with Crippen LogP contribution in [0.25, 0.3) is 10.9 Å². The molecule has 2 aromatic carbocycles. The molecule has 3 heterocycles. The third-order valence-electron chi connectivity index (χ3n) is 6.37. The number of thiophene rings is 1. The number of methoxy groups -OCH3 is 2. The van der Waals surface area contributed by atoms with E-state index in [1.165, 1.54) is 10.4 Å². The van der Waals surface area contributed by atoms with Crippen LogP contribution in [-0.2, 0) is 19.9 Å². The number of aromatic nitrogens is 1. The van der Waals surface area contributed by atoms with E-state index in [2.05, 4.69) is 23.6 Å². The molecule has 0 aliphatic carbocycles. The number of rotatable bonds is 5. The Balaban J connectivity index is 1.57. The van der Waals surface area contributed by atoms with Crippen LogP contribution in [0.5, 0.6) is 11.5 Å². The van der Waals surface area contributed by atoms with Gasteiger partial charge in [0.2, 0.25) is 0 Å². The fourth-order valence-corrected chi connectivity index (χ4v) is 5.89. The molecule has 6 heteroatoms. The summed E-state index contributed by atoms with van der Waals surface area (Å²) in [6.07, 6.45) is 3.51. The molecule has 5 rings (SSSR count). The second kappa shape index (κ2) is 8.36. The lowest BCUT2D eigenvalue weighted by atomic mass is 9.94. The molecule has 2 aromatic heterocycles. The van der Waals surface area contributed by atoms with Gasteiger partial charge in [-0.2, -0.15) is 0 Å². The maximum Gasteiger partial charge on any atom is 0.256 e. The van der Waals surface area contributed by atoms with Crippen LogP contribution < -0.4 is 9.47 Å². The lowest BCUT2D eigenvalue weighted by molar-refractivity contribution is 0.0665. The Morgan fingerprint density at radius 1 is 1.09 bits per heavy atom. The summed E-state index contributed by atoms with van der Waals surface area (Å²) >= 11 is 1.73. The van der Waals surface area contributed by atoms with Crippen LogP contribution in [0.3, 0.4) is 0 Å². The standard InChI is InChI=1S/C26H26N2O3S/c1-27-16-20(19-8-4-5-9-21(19)27)26(29)28-13-11-17-12-14-32-25(17)22(28)15-18-7-6-10-23(30-2)24(18)31-3/h4-10,12,14,16,22H,11,13,15H2,1-3H3. The highest BCUT2D eigenvalue weighted by Crippen LogP contribution is 2.41. The molecule has 4 aromatic rings. The Labute approximate surface area is 191 Å². The normalized spacial score (nSPS) is 15.6. The third kappa shape index (κ3) is 3.35. The van der Waals surface area contributed by atoms with Crippen LogP contribution in [0.2, 0.25) is 0 Å². The Bertz CT molecular complexity index is 1290. The fraction of sp³-hybridized carbons (Fsp3) is 0.269. The van der Waals surface area contributed by atoms with Gasteiger partial charge in [0, 0.05) is 47.6 Å². The zero-order valence-electron chi connectivity index (χ0n) is 18.5. The molecule has 0 saturated carbocycles. The van der Waals surface area contributed by atoms with Crippen molar-refractivity contribution in [3.05, 3.63) is 81.7 Å². The fourth-order valence-electron chi connectivity index (χ4n) is 4.82. The second-order valence-corrected chi connectivity index (χ2v) is 9.05. The number of hydrogen-bond donors (Lipinski definition) is 0. The van der Waals surface area contributed by atoms with Crippen LogP contribution in [0.15, 0.2) is 60.1 Å². The molecular formula is C26H26N2O3S. The molecule has 1 aliphatic heterocycles. The highest BCUT2D eigenvalue weighted by atomic mass is 32.1. The van der Waals surface area contributed by atoms with E-state index >= 15 is 0 Å². The van der Waals surface area contributed by atoms with E-state index < -0.39 is 0 Å². The van der Waals surface area contributed by atoms with Gasteiger partial charge in [0.05, 0.1) is 25.8 Å². The second-order valence-electron chi connectivity index (χ2n) is 8.10. The molecule has 0 N–H and O–H groups in total. The lowest BCUT2D eigenvalue weighted by Crippen LogP contribution is -2.40. The number of ether oxygens (including phenoxy) is 2. The van der Waals surface area contributed by atoms with Crippen molar-refractivity contribution < 1.29 is 14.3 Å². The summed E-state index contributed by atoms with van der Waals surface area (Å²) in [4.78, 5) is 17.2. The van der Waals surface area contributed by atoms with E-state index in [-0.39, 0.29) is 11.9 Å². The Kier molecular flexibility index (Phi) is 5.39. The molecule has 0 spiro atoms. The molecule has 5 nitrogen and oxygen atoms in total. The topological polar surface area (TPSA) is 43.7 Å². The first kappa shape index (κ1) is 20.6. The number of aryl methyl sites for hydroxylation is 1. The molecule has 1 unspecified atom stereocenters. The average molecular weight is 447 g/mol. The van der Waals surface area contributed by atoms with Crippen molar-refractivity contribution >= 4 is 28.1 Å². The first-order valence-electron chi connectivity index (χ1n) is 10.7. The number of carbonyl (C=O) groups excluding carboxylic acids is 1. The molecule has 1 atom stereocenters. The van der Waals surface area contributed by atoms with Gasteiger partial charge in [-0.15, -0.1) is 11.3 Å². The number of para-hydroxylation sites is 2. The van der Waals surface area contributed by atoms with Gasteiger partial charge in [-0.05, 0) is 35.6 Å². The Morgan fingerprint density at radius 3 is 2.75 bits per heavy atom. The molecule has 0 bridgehead atoms. The van der Waals surface area contributed by atoms with Crippen LogP contribution in [-0.4, -0.2) is 36.1 Å².